The lowest BCUT2D eigenvalue weighted by Crippen LogP contribution is -2.20. The molecule has 2 aromatic rings. The van der Waals surface area contributed by atoms with E-state index in [4.69, 9.17) is 15.6 Å². The van der Waals surface area contributed by atoms with Gasteiger partial charge >= 0.3 is 5.97 Å². The van der Waals surface area contributed by atoms with Crippen LogP contribution in [0.15, 0.2) is 24.4 Å². The number of aromatic amines is 1. The van der Waals surface area contributed by atoms with Crippen molar-refractivity contribution in [1.82, 2.24) is 4.98 Å². The van der Waals surface area contributed by atoms with Gasteiger partial charge in [-0.3, -0.25) is 4.79 Å². The van der Waals surface area contributed by atoms with Crippen LogP contribution in [0.2, 0.25) is 0 Å². The van der Waals surface area contributed by atoms with E-state index in [0.717, 1.165) is 10.9 Å². The van der Waals surface area contributed by atoms with Crippen molar-refractivity contribution in [2.24, 2.45) is 5.73 Å². The number of carboxylic acids is 1. The molecule has 0 spiro atoms. The van der Waals surface area contributed by atoms with Crippen molar-refractivity contribution in [3.05, 3.63) is 30.0 Å². The lowest BCUT2D eigenvalue weighted by Gasteiger charge is -2.05. The highest BCUT2D eigenvalue weighted by Crippen LogP contribution is 2.26. The van der Waals surface area contributed by atoms with Gasteiger partial charge in [0.15, 0.2) is 0 Å². The van der Waals surface area contributed by atoms with Crippen LogP contribution in [0, 0.1) is 0 Å². The standard InChI is InChI=1S/C11H12N2O3/c1-16-6-2-3-9-7(4-6)8(5-13-9)10(12)11(14)15/h2-5,10,13H,12H2,1H3,(H,14,15). The normalized spacial score (nSPS) is 12.6. The summed E-state index contributed by atoms with van der Waals surface area (Å²) < 4.78 is 5.08. The predicted octanol–water partition coefficient (Wildman–Crippen LogP) is 1.26. The largest absolute Gasteiger partial charge is 0.497 e. The maximum atomic E-state index is 10.8. The summed E-state index contributed by atoms with van der Waals surface area (Å²) >= 11 is 0. The fraction of sp³-hybridized carbons (Fsp3) is 0.182. The summed E-state index contributed by atoms with van der Waals surface area (Å²) in [6.07, 6.45) is 1.61. The highest BCUT2D eigenvalue weighted by atomic mass is 16.5. The Bertz CT molecular complexity index is 533. The minimum Gasteiger partial charge on any atom is -0.497 e. The number of benzene rings is 1. The molecule has 0 amide bonds. The quantitative estimate of drug-likeness (QED) is 0.726. The number of H-pyrrole nitrogens is 1. The number of carbonyl (C=O) groups is 1. The van der Waals surface area contributed by atoms with Gasteiger partial charge in [-0.15, -0.1) is 0 Å². The Morgan fingerprint density at radius 1 is 1.56 bits per heavy atom. The number of ether oxygens (including phenoxy) is 1. The molecule has 5 nitrogen and oxygen atoms in total. The first-order valence-electron chi connectivity index (χ1n) is 4.77. The summed E-state index contributed by atoms with van der Waals surface area (Å²) in [5.74, 6) is -0.380. The Morgan fingerprint density at radius 2 is 2.31 bits per heavy atom. The minimum atomic E-state index is -1.05. The molecule has 84 valence electrons. The lowest BCUT2D eigenvalue weighted by atomic mass is 10.1. The smallest absolute Gasteiger partial charge is 0.325 e. The van der Waals surface area contributed by atoms with Crippen LogP contribution in [0.5, 0.6) is 5.75 Å². The molecule has 5 heteroatoms. The number of nitrogens with one attached hydrogen (secondary N) is 1. The number of aromatic nitrogens is 1. The molecule has 0 bridgehead atoms. The van der Waals surface area contributed by atoms with Crippen molar-refractivity contribution < 1.29 is 14.6 Å². The van der Waals surface area contributed by atoms with Gasteiger partial charge < -0.3 is 20.6 Å². The summed E-state index contributed by atoms with van der Waals surface area (Å²) in [6.45, 7) is 0. The zero-order valence-corrected chi connectivity index (χ0v) is 8.73. The number of carboxylic acid groups (broad SMARTS) is 1. The van der Waals surface area contributed by atoms with Crippen molar-refractivity contribution in [2.45, 2.75) is 6.04 Å². The Labute approximate surface area is 91.8 Å². The Kier molecular flexibility index (Phi) is 2.54. The molecule has 4 N–H and O–H groups in total. The summed E-state index contributed by atoms with van der Waals surface area (Å²) in [5, 5.41) is 9.64. The van der Waals surface area contributed by atoms with E-state index in [1.165, 1.54) is 0 Å². The van der Waals surface area contributed by atoms with Crippen LogP contribution in [0.3, 0.4) is 0 Å². The first-order chi connectivity index (χ1) is 7.63. The molecular weight excluding hydrogens is 208 g/mol. The van der Waals surface area contributed by atoms with E-state index in [1.807, 2.05) is 6.07 Å². The molecule has 0 aliphatic rings. The van der Waals surface area contributed by atoms with Gasteiger partial charge in [0.05, 0.1) is 7.11 Å². The molecule has 1 heterocycles. The second-order valence-corrected chi connectivity index (χ2v) is 3.47. The van der Waals surface area contributed by atoms with E-state index in [0.29, 0.717) is 11.3 Å². The van der Waals surface area contributed by atoms with Crippen LogP contribution in [0.1, 0.15) is 11.6 Å². The van der Waals surface area contributed by atoms with Gasteiger partial charge in [0, 0.05) is 22.7 Å². The van der Waals surface area contributed by atoms with Gasteiger partial charge in [0.25, 0.3) is 0 Å². The van der Waals surface area contributed by atoms with E-state index >= 15 is 0 Å². The molecule has 2 rings (SSSR count). The second kappa shape index (κ2) is 3.86. The number of rotatable bonds is 3. The molecule has 16 heavy (non-hydrogen) atoms. The zero-order valence-electron chi connectivity index (χ0n) is 8.73. The molecule has 1 atom stereocenters. The van der Waals surface area contributed by atoms with Crippen LogP contribution >= 0.6 is 0 Å². The van der Waals surface area contributed by atoms with Crippen molar-refractivity contribution in [1.29, 1.82) is 0 Å². The van der Waals surface area contributed by atoms with Crippen molar-refractivity contribution >= 4 is 16.9 Å². The Balaban J connectivity index is 2.57. The van der Waals surface area contributed by atoms with Gasteiger partial charge in [-0.1, -0.05) is 0 Å². The third kappa shape index (κ3) is 1.61. The topological polar surface area (TPSA) is 88.3 Å². The Hall–Kier alpha value is -2.01. The lowest BCUT2D eigenvalue weighted by molar-refractivity contribution is -0.138. The van der Waals surface area contributed by atoms with E-state index in [1.54, 1.807) is 25.4 Å². The van der Waals surface area contributed by atoms with Crippen molar-refractivity contribution in [2.75, 3.05) is 7.11 Å². The average Bonchev–Trinajstić information content (AvgIpc) is 2.70. The molecule has 0 aliphatic heterocycles. The maximum absolute atomic E-state index is 10.8. The molecule has 0 saturated heterocycles. The molecule has 1 aromatic heterocycles. The maximum Gasteiger partial charge on any atom is 0.325 e. The van der Waals surface area contributed by atoms with Crippen LogP contribution in [-0.4, -0.2) is 23.2 Å². The van der Waals surface area contributed by atoms with Gasteiger partial charge in [-0.2, -0.15) is 0 Å². The molecule has 1 aromatic carbocycles. The highest BCUT2D eigenvalue weighted by molar-refractivity contribution is 5.89. The number of fused-ring (bicyclic) bond motifs is 1. The summed E-state index contributed by atoms with van der Waals surface area (Å²) in [7, 11) is 1.56. The van der Waals surface area contributed by atoms with Crippen LogP contribution in [0.4, 0.5) is 0 Å². The van der Waals surface area contributed by atoms with Crippen molar-refractivity contribution in [3.8, 4) is 5.75 Å². The Morgan fingerprint density at radius 3 is 2.94 bits per heavy atom. The fourth-order valence-electron chi connectivity index (χ4n) is 1.64. The average molecular weight is 220 g/mol. The summed E-state index contributed by atoms with van der Waals surface area (Å²) in [5.41, 5.74) is 6.98. The monoisotopic (exact) mass is 220 g/mol. The number of hydrogen-bond donors (Lipinski definition) is 3. The van der Waals surface area contributed by atoms with Gasteiger partial charge in [0.1, 0.15) is 11.8 Å². The first-order valence-corrected chi connectivity index (χ1v) is 4.77. The van der Waals surface area contributed by atoms with Crippen LogP contribution in [-0.2, 0) is 4.79 Å². The summed E-state index contributed by atoms with van der Waals surface area (Å²) in [4.78, 5) is 13.8. The van der Waals surface area contributed by atoms with E-state index < -0.39 is 12.0 Å². The first kappa shape index (κ1) is 10.5. The van der Waals surface area contributed by atoms with Crippen LogP contribution in [0.25, 0.3) is 10.9 Å². The number of hydrogen-bond acceptors (Lipinski definition) is 3. The molecule has 0 aliphatic carbocycles. The molecule has 1 unspecified atom stereocenters. The fourth-order valence-corrected chi connectivity index (χ4v) is 1.64. The van der Waals surface area contributed by atoms with Gasteiger partial charge in [0.2, 0.25) is 0 Å². The SMILES string of the molecule is COc1ccc2[nH]cc(C(N)C(=O)O)c2c1. The van der Waals surface area contributed by atoms with E-state index in [2.05, 4.69) is 4.98 Å². The second-order valence-electron chi connectivity index (χ2n) is 3.47. The van der Waals surface area contributed by atoms with E-state index in [-0.39, 0.29) is 0 Å². The minimum absolute atomic E-state index is 0.557. The molecular formula is C11H12N2O3. The molecule has 0 saturated carbocycles. The third-order valence-corrected chi connectivity index (χ3v) is 2.52. The third-order valence-electron chi connectivity index (χ3n) is 2.52. The van der Waals surface area contributed by atoms with E-state index in [9.17, 15) is 4.79 Å². The highest BCUT2D eigenvalue weighted by Gasteiger charge is 2.18. The van der Waals surface area contributed by atoms with Gasteiger partial charge in [-0.05, 0) is 18.2 Å². The van der Waals surface area contributed by atoms with Gasteiger partial charge in [-0.25, -0.2) is 0 Å². The van der Waals surface area contributed by atoms with Crippen LogP contribution < -0.4 is 10.5 Å². The number of nitrogens with two attached hydrogens (primary N) is 1. The zero-order chi connectivity index (χ0) is 11.7. The number of methoxy groups -OCH3 is 1. The molecule has 0 fully saturated rings. The molecule has 0 radical (unpaired) electrons. The number of aliphatic carboxylic acids is 1. The predicted molar refractivity (Wildman–Crippen MR) is 59.4 cm³/mol. The summed E-state index contributed by atoms with van der Waals surface area (Å²) in [6, 6.07) is 4.37. The van der Waals surface area contributed by atoms with Crippen molar-refractivity contribution in [3.63, 3.8) is 0 Å².